The highest BCUT2D eigenvalue weighted by atomic mass is 16.5. The van der Waals surface area contributed by atoms with Gasteiger partial charge < -0.3 is 15.4 Å². The molecule has 0 unspecified atom stereocenters. The lowest BCUT2D eigenvalue weighted by Crippen LogP contribution is -2.48. The third-order valence-corrected chi connectivity index (χ3v) is 4.60. The maximum absolute atomic E-state index is 12.5. The molecule has 0 saturated carbocycles. The topological polar surface area (TPSA) is 70.7 Å². The molecule has 1 saturated heterocycles. The van der Waals surface area contributed by atoms with Crippen molar-refractivity contribution in [2.24, 2.45) is 0 Å². The summed E-state index contributed by atoms with van der Waals surface area (Å²) in [7, 11) is 1.64. The van der Waals surface area contributed by atoms with Crippen LogP contribution in [0.5, 0.6) is 5.75 Å². The number of nitrogens with zero attached hydrogens (tertiary/aromatic N) is 1. The number of methoxy groups -OCH3 is 1. The maximum Gasteiger partial charge on any atom is 0.251 e. The lowest BCUT2D eigenvalue weighted by Gasteiger charge is -2.26. The third kappa shape index (κ3) is 5.08. The number of para-hydroxylation sites is 1. The molecule has 6 nitrogen and oxygen atoms in total. The zero-order chi connectivity index (χ0) is 19.1. The van der Waals surface area contributed by atoms with E-state index >= 15 is 0 Å². The Morgan fingerprint density at radius 1 is 1.22 bits per heavy atom. The minimum atomic E-state index is -0.0943. The van der Waals surface area contributed by atoms with Crippen LogP contribution in [-0.4, -0.2) is 56.5 Å². The molecule has 6 heteroatoms. The molecule has 1 aliphatic rings. The number of hydrogen-bond donors (Lipinski definition) is 2. The molecule has 142 valence electrons. The van der Waals surface area contributed by atoms with Gasteiger partial charge in [0, 0.05) is 37.3 Å². The summed E-state index contributed by atoms with van der Waals surface area (Å²) in [5.41, 5.74) is 2.52. The molecule has 3 rings (SSSR count). The smallest absolute Gasteiger partial charge is 0.251 e. The fourth-order valence-corrected chi connectivity index (χ4v) is 3.20. The largest absolute Gasteiger partial charge is 0.496 e. The molecule has 0 aromatic heterocycles. The third-order valence-electron chi connectivity index (χ3n) is 4.60. The summed E-state index contributed by atoms with van der Waals surface area (Å²) in [6.45, 7) is 3.38. The highest BCUT2D eigenvalue weighted by molar-refractivity contribution is 5.95. The number of carbonyl (C=O) groups is 2. The first-order valence-corrected chi connectivity index (χ1v) is 9.18. The lowest BCUT2D eigenvalue weighted by atomic mass is 10.0. The van der Waals surface area contributed by atoms with Crippen molar-refractivity contribution in [2.45, 2.75) is 6.42 Å². The van der Waals surface area contributed by atoms with Gasteiger partial charge in [0.15, 0.2) is 0 Å². The van der Waals surface area contributed by atoms with Crippen molar-refractivity contribution in [3.05, 3.63) is 54.1 Å². The molecule has 0 radical (unpaired) electrons. The molecule has 1 heterocycles. The van der Waals surface area contributed by atoms with Gasteiger partial charge in [-0.15, -0.1) is 0 Å². The fourth-order valence-electron chi connectivity index (χ4n) is 3.20. The molecule has 0 aliphatic carbocycles. The van der Waals surface area contributed by atoms with Gasteiger partial charge >= 0.3 is 0 Å². The van der Waals surface area contributed by atoms with Crippen LogP contribution in [0.2, 0.25) is 0 Å². The molecule has 27 heavy (non-hydrogen) atoms. The van der Waals surface area contributed by atoms with Gasteiger partial charge in [-0.2, -0.15) is 0 Å². The van der Waals surface area contributed by atoms with Gasteiger partial charge in [-0.25, -0.2) is 0 Å². The monoisotopic (exact) mass is 367 g/mol. The minimum absolute atomic E-state index is 0.0680. The summed E-state index contributed by atoms with van der Waals surface area (Å²) in [6, 6.07) is 15.3. The van der Waals surface area contributed by atoms with Gasteiger partial charge in [0.1, 0.15) is 5.75 Å². The van der Waals surface area contributed by atoms with Crippen molar-refractivity contribution < 1.29 is 14.3 Å². The number of piperazine rings is 1. The molecule has 2 aromatic rings. The minimum Gasteiger partial charge on any atom is -0.496 e. The first-order valence-electron chi connectivity index (χ1n) is 9.18. The summed E-state index contributed by atoms with van der Waals surface area (Å²) in [5, 5.41) is 5.77. The Hall–Kier alpha value is -2.86. The highest BCUT2D eigenvalue weighted by Gasteiger charge is 2.15. The Morgan fingerprint density at radius 2 is 2.07 bits per heavy atom. The first kappa shape index (κ1) is 18.9. The summed E-state index contributed by atoms with van der Waals surface area (Å²) in [5.74, 6) is 0.752. The molecule has 0 spiro atoms. The van der Waals surface area contributed by atoms with Gasteiger partial charge in [-0.3, -0.25) is 14.5 Å². The van der Waals surface area contributed by atoms with Gasteiger partial charge in [0.05, 0.1) is 13.7 Å². The standard InChI is InChI=1S/C21H25N3O3/c1-27-19-9-3-2-8-18(19)16-6-4-7-17(14-16)21(26)23-10-5-12-24-13-11-22-20(25)15-24/h2-4,6-9,14H,5,10-13,15H2,1H3,(H,22,25)(H,23,26). The van der Waals surface area contributed by atoms with Crippen LogP contribution < -0.4 is 15.4 Å². The zero-order valence-electron chi connectivity index (χ0n) is 15.5. The van der Waals surface area contributed by atoms with Gasteiger partial charge in [0.25, 0.3) is 5.91 Å². The predicted octanol–water partition coefficient (Wildman–Crippen LogP) is 1.91. The first-order chi connectivity index (χ1) is 13.2. The van der Waals surface area contributed by atoms with E-state index < -0.39 is 0 Å². The van der Waals surface area contributed by atoms with E-state index in [1.165, 1.54) is 0 Å². The molecule has 1 fully saturated rings. The number of ether oxygens (including phenoxy) is 1. The van der Waals surface area contributed by atoms with E-state index in [9.17, 15) is 9.59 Å². The van der Waals surface area contributed by atoms with Crippen molar-refractivity contribution in [3.8, 4) is 16.9 Å². The summed E-state index contributed by atoms with van der Waals surface area (Å²) in [6.07, 6.45) is 0.811. The van der Waals surface area contributed by atoms with Crippen LogP contribution in [-0.2, 0) is 4.79 Å². The van der Waals surface area contributed by atoms with Crippen LogP contribution in [0, 0.1) is 0 Å². The second-order valence-electron chi connectivity index (χ2n) is 6.52. The molecule has 2 aromatic carbocycles. The van der Waals surface area contributed by atoms with E-state index in [0.717, 1.165) is 36.4 Å². The number of amides is 2. The van der Waals surface area contributed by atoms with Gasteiger partial charge in [-0.05, 0) is 30.2 Å². The molecular weight excluding hydrogens is 342 g/mol. The molecule has 0 atom stereocenters. The normalized spacial score (nSPS) is 14.5. The number of benzene rings is 2. The van der Waals surface area contributed by atoms with Crippen LogP contribution in [0.1, 0.15) is 16.8 Å². The second-order valence-corrected chi connectivity index (χ2v) is 6.52. The lowest BCUT2D eigenvalue weighted by molar-refractivity contribution is -0.124. The Kier molecular flexibility index (Phi) is 6.44. The number of carbonyl (C=O) groups excluding carboxylic acids is 2. The van der Waals surface area contributed by atoms with Crippen molar-refractivity contribution in [1.29, 1.82) is 0 Å². The summed E-state index contributed by atoms with van der Waals surface area (Å²) in [4.78, 5) is 25.9. The Labute approximate surface area is 159 Å². The molecule has 1 aliphatic heterocycles. The average molecular weight is 367 g/mol. The molecule has 2 amide bonds. The van der Waals surface area contributed by atoms with Crippen LogP contribution in [0.15, 0.2) is 48.5 Å². The number of nitrogens with one attached hydrogen (secondary N) is 2. The van der Waals surface area contributed by atoms with E-state index in [0.29, 0.717) is 25.2 Å². The van der Waals surface area contributed by atoms with Crippen LogP contribution in [0.25, 0.3) is 11.1 Å². The van der Waals surface area contributed by atoms with Crippen LogP contribution in [0.4, 0.5) is 0 Å². The van der Waals surface area contributed by atoms with Crippen molar-refractivity contribution in [3.63, 3.8) is 0 Å². The van der Waals surface area contributed by atoms with E-state index in [1.807, 2.05) is 48.5 Å². The van der Waals surface area contributed by atoms with Gasteiger partial charge in [-0.1, -0.05) is 30.3 Å². The number of hydrogen-bond acceptors (Lipinski definition) is 4. The Morgan fingerprint density at radius 3 is 2.89 bits per heavy atom. The summed E-state index contributed by atoms with van der Waals surface area (Å²) < 4.78 is 5.41. The van der Waals surface area contributed by atoms with Crippen LogP contribution in [0.3, 0.4) is 0 Å². The Balaban J connectivity index is 1.55. The molecule has 0 bridgehead atoms. The molecular formula is C21H25N3O3. The predicted molar refractivity (Wildman–Crippen MR) is 105 cm³/mol. The maximum atomic E-state index is 12.5. The SMILES string of the molecule is COc1ccccc1-c1cccc(C(=O)NCCCN2CCNC(=O)C2)c1. The van der Waals surface area contributed by atoms with Gasteiger partial charge in [0.2, 0.25) is 5.91 Å². The zero-order valence-corrected chi connectivity index (χ0v) is 15.5. The van der Waals surface area contributed by atoms with E-state index in [2.05, 4.69) is 15.5 Å². The van der Waals surface area contributed by atoms with Crippen molar-refractivity contribution >= 4 is 11.8 Å². The van der Waals surface area contributed by atoms with E-state index in [1.54, 1.807) is 7.11 Å². The van der Waals surface area contributed by atoms with E-state index in [4.69, 9.17) is 4.74 Å². The fraction of sp³-hybridized carbons (Fsp3) is 0.333. The average Bonchev–Trinajstić information content (AvgIpc) is 2.71. The number of rotatable bonds is 7. The van der Waals surface area contributed by atoms with Crippen molar-refractivity contribution in [1.82, 2.24) is 15.5 Å². The second kappa shape index (κ2) is 9.19. The summed E-state index contributed by atoms with van der Waals surface area (Å²) >= 11 is 0. The highest BCUT2D eigenvalue weighted by Crippen LogP contribution is 2.29. The van der Waals surface area contributed by atoms with Crippen molar-refractivity contribution in [2.75, 3.05) is 39.8 Å². The van der Waals surface area contributed by atoms with E-state index in [-0.39, 0.29) is 11.8 Å². The quantitative estimate of drug-likeness (QED) is 0.734. The molecule has 2 N–H and O–H groups in total. The Bertz CT molecular complexity index is 807. The van der Waals surface area contributed by atoms with Crippen LogP contribution >= 0.6 is 0 Å².